The lowest BCUT2D eigenvalue weighted by molar-refractivity contribution is 0.407. The molecule has 0 saturated carbocycles. The van der Waals surface area contributed by atoms with Gasteiger partial charge in [0, 0.05) is 30.2 Å². The molecule has 4 aromatic rings. The number of fused-ring (bicyclic) bond motifs is 1. The molecule has 0 spiro atoms. The van der Waals surface area contributed by atoms with E-state index >= 15 is 0 Å². The molecule has 0 amide bonds. The molecule has 144 valence electrons. The molecule has 3 N–H and O–H groups in total. The van der Waals surface area contributed by atoms with Crippen LogP contribution in [0.3, 0.4) is 0 Å². The molecular weight excluding hydrogens is 354 g/mol. The van der Waals surface area contributed by atoms with Gasteiger partial charge in [0.2, 0.25) is 5.95 Å². The van der Waals surface area contributed by atoms with E-state index in [1.165, 1.54) is 0 Å². The zero-order valence-corrected chi connectivity index (χ0v) is 16.3. The number of nitrogens with two attached hydrogens (primary N) is 1. The summed E-state index contributed by atoms with van der Waals surface area (Å²) < 4.78 is 9.36. The fourth-order valence-corrected chi connectivity index (χ4v) is 3.53. The second-order valence-electron chi connectivity index (χ2n) is 7.15. The zero-order chi connectivity index (χ0) is 20.0. The van der Waals surface area contributed by atoms with Gasteiger partial charge in [0.1, 0.15) is 11.5 Å². The smallest absolute Gasteiger partial charge is 0.226 e. The Morgan fingerprint density at radius 2 is 1.89 bits per heavy atom. The van der Waals surface area contributed by atoms with Crippen molar-refractivity contribution in [3.05, 3.63) is 48.2 Å². The predicted molar refractivity (Wildman–Crippen MR) is 110 cm³/mol. The fourth-order valence-electron chi connectivity index (χ4n) is 3.53. The van der Waals surface area contributed by atoms with Crippen molar-refractivity contribution in [1.29, 1.82) is 0 Å². The number of aromatic nitrogens is 4. The standard InChI is InChI=1S/C21H23N5O2/c1-12(2)15-10-16(19(28-4)11-18(15)27)20-23-24-21(22)26(20)14-5-6-17-13(9-14)7-8-25(17)3/h5-12,27H,1-4H3,(H2,22,24). The highest BCUT2D eigenvalue weighted by molar-refractivity contribution is 5.83. The number of phenolic OH excluding ortho intramolecular Hbond substituents is 1. The minimum atomic E-state index is 0.138. The summed E-state index contributed by atoms with van der Waals surface area (Å²) in [5.74, 6) is 1.69. The van der Waals surface area contributed by atoms with E-state index in [0.29, 0.717) is 11.6 Å². The SMILES string of the molecule is COc1cc(O)c(C(C)C)cc1-c1nnc(N)n1-c1ccc2c(ccn2C)c1. The first-order valence-electron chi connectivity index (χ1n) is 9.08. The highest BCUT2D eigenvalue weighted by Gasteiger charge is 2.21. The third kappa shape index (κ3) is 2.76. The molecule has 0 unspecified atom stereocenters. The average Bonchev–Trinajstić information content (AvgIpc) is 3.23. The third-order valence-electron chi connectivity index (χ3n) is 5.03. The molecular formula is C21H23N5O2. The van der Waals surface area contributed by atoms with Crippen molar-refractivity contribution in [3.63, 3.8) is 0 Å². The van der Waals surface area contributed by atoms with E-state index in [1.54, 1.807) is 17.7 Å². The van der Waals surface area contributed by atoms with Gasteiger partial charge in [-0.2, -0.15) is 0 Å². The molecule has 7 heteroatoms. The Labute approximate surface area is 163 Å². The van der Waals surface area contributed by atoms with E-state index in [2.05, 4.69) is 26.9 Å². The largest absolute Gasteiger partial charge is 0.508 e. The maximum atomic E-state index is 10.3. The summed E-state index contributed by atoms with van der Waals surface area (Å²) in [5, 5.41) is 19.8. The Hall–Kier alpha value is -3.48. The van der Waals surface area contributed by atoms with Crippen molar-refractivity contribution in [3.8, 4) is 28.6 Å². The average molecular weight is 377 g/mol. The highest BCUT2D eigenvalue weighted by atomic mass is 16.5. The normalized spacial score (nSPS) is 11.5. The van der Waals surface area contributed by atoms with Crippen LogP contribution >= 0.6 is 0 Å². The number of aryl methyl sites for hydroxylation is 1. The van der Waals surface area contributed by atoms with Gasteiger partial charge < -0.3 is 20.1 Å². The van der Waals surface area contributed by atoms with Crippen LogP contribution in [-0.4, -0.2) is 31.5 Å². The molecule has 0 aliphatic heterocycles. The molecule has 0 saturated heterocycles. The van der Waals surface area contributed by atoms with Crippen LogP contribution in [0.4, 0.5) is 5.95 Å². The van der Waals surface area contributed by atoms with Crippen LogP contribution in [0.1, 0.15) is 25.3 Å². The van der Waals surface area contributed by atoms with Crippen LogP contribution in [0.5, 0.6) is 11.5 Å². The summed E-state index contributed by atoms with van der Waals surface area (Å²) in [6.45, 7) is 4.04. The summed E-state index contributed by atoms with van der Waals surface area (Å²) in [6, 6.07) is 11.6. The molecule has 0 radical (unpaired) electrons. The van der Waals surface area contributed by atoms with Gasteiger partial charge in [-0.3, -0.25) is 4.57 Å². The number of benzene rings is 2. The van der Waals surface area contributed by atoms with Crippen molar-refractivity contribution in [2.45, 2.75) is 19.8 Å². The molecule has 2 aromatic carbocycles. The molecule has 28 heavy (non-hydrogen) atoms. The Morgan fingerprint density at radius 3 is 2.61 bits per heavy atom. The molecule has 0 atom stereocenters. The second-order valence-corrected chi connectivity index (χ2v) is 7.15. The Balaban J connectivity index is 1.94. The van der Waals surface area contributed by atoms with Crippen molar-refractivity contribution >= 4 is 16.9 Å². The lowest BCUT2D eigenvalue weighted by atomic mass is 9.98. The number of nitrogen functional groups attached to an aromatic ring is 1. The van der Waals surface area contributed by atoms with Crippen LogP contribution in [0.2, 0.25) is 0 Å². The predicted octanol–water partition coefficient (Wildman–Crippen LogP) is 3.85. The first-order chi connectivity index (χ1) is 13.4. The van der Waals surface area contributed by atoms with E-state index < -0.39 is 0 Å². The van der Waals surface area contributed by atoms with E-state index in [1.807, 2.05) is 45.3 Å². The second kappa shape index (κ2) is 6.60. The van der Waals surface area contributed by atoms with Crippen LogP contribution in [0.25, 0.3) is 28.0 Å². The van der Waals surface area contributed by atoms with E-state index in [4.69, 9.17) is 10.5 Å². The Bertz CT molecular complexity index is 1170. The highest BCUT2D eigenvalue weighted by Crippen LogP contribution is 2.39. The van der Waals surface area contributed by atoms with Crippen LogP contribution in [0, 0.1) is 0 Å². The maximum Gasteiger partial charge on any atom is 0.226 e. The van der Waals surface area contributed by atoms with E-state index in [-0.39, 0.29) is 17.6 Å². The third-order valence-corrected chi connectivity index (χ3v) is 5.03. The quantitative estimate of drug-likeness (QED) is 0.564. The number of ether oxygens (including phenoxy) is 1. The molecule has 0 aliphatic rings. The maximum absolute atomic E-state index is 10.3. The van der Waals surface area contributed by atoms with Gasteiger partial charge >= 0.3 is 0 Å². The first kappa shape index (κ1) is 17.9. The van der Waals surface area contributed by atoms with Crippen molar-refractivity contribution < 1.29 is 9.84 Å². The van der Waals surface area contributed by atoms with Gasteiger partial charge in [-0.15, -0.1) is 10.2 Å². The van der Waals surface area contributed by atoms with Crippen LogP contribution in [0.15, 0.2) is 42.6 Å². The number of methoxy groups -OCH3 is 1. The molecule has 4 rings (SSSR count). The molecule has 0 bridgehead atoms. The summed E-state index contributed by atoms with van der Waals surface area (Å²) >= 11 is 0. The van der Waals surface area contributed by atoms with Gasteiger partial charge in [-0.05, 0) is 41.8 Å². The number of phenols is 1. The van der Waals surface area contributed by atoms with Gasteiger partial charge in [-0.25, -0.2) is 0 Å². The molecule has 2 heterocycles. The van der Waals surface area contributed by atoms with Crippen LogP contribution in [-0.2, 0) is 7.05 Å². The molecule has 0 fully saturated rings. The van der Waals surface area contributed by atoms with Gasteiger partial charge in [-0.1, -0.05) is 13.8 Å². The number of anilines is 1. The lowest BCUT2D eigenvalue weighted by Crippen LogP contribution is -2.04. The minimum absolute atomic E-state index is 0.138. The Morgan fingerprint density at radius 1 is 1.11 bits per heavy atom. The van der Waals surface area contributed by atoms with Crippen LogP contribution < -0.4 is 10.5 Å². The number of aromatic hydroxyl groups is 1. The van der Waals surface area contributed by atoms with Crippen molar-refractivity contribution in [2.24, 2.45) is 7.05 Å². The van der Waals surface area contributed by atoms with Gasteiger partial charge in [0.25, 0.3) is 0 Å². The summed E-state index contributed by atoms with van der Waals surface area (Å²) in [7, 11) is 3.57. The lowest BCUT2D eigenvalue weighted by Gasteiger charge is -2.16. The van der Waals surface area contributed by atoms with E-state index in [0.717, 1.165) is 27.7 Å². The molecule has 7 nitrogen and oxygen atoms in total. The van der Waals surface area contributed by atoms with E-state index in [9.17, 15) is 5.11 Å². The number of hydrogen-bond acceptors (Lipinski definition) is 5. The summed E-state index contributed by atoms with van der Waals surface area (Å²) in [5.41, 5.74) is 9.69. The number of hydrogen-bond donors (Lipinski definition) is 2. The van der Waals surface area contributed by atoms with Crippen molar-refractivity contribution in [1.82, 2.24) is 19.3 Å². The number of rotatable bonds is 4. The first-order valence-corrected chi connectivity index (χ1v) is 9.08. The topological polar surface area (TPSA) is 91.1 Å². The summed E-state index contributed by atoms with van der Waals surface area (Å²) in [6.07, 6.45) is 2.02. The van der Waals surface area contributed by atoms with Crippen molar-refractivity contribution in [2.75, 3.05) is 12.8 Å². The number of nitrogens with zero attached hydrogens (tertiary/aromatic N) is 4. The summed E-state index contributed by atoms with van der Waals surface area (Å²) in [4.78, 5) is 0. The van der Waals surface area contributed by atoms with Gasteiger partial charge in [0.05, 0.1) is 18.4 Å². The van der Waals surface area contributed by atoms with Gasteiger partial charge in [0.15, 0.2) is 5.82 Å². The zero-order valence-electron chi connectivity index (χ0n) is 16.3. The molecule has 0 aliphatic carbocycles. The monoisotopic (exact) mass is 377 g/mol. The fraction of sp³-hybridized carbons (Fsp3) is 0.238. The minimum Gasteiger partial charge on any atom is -0.508 e. The Kier molecular flexibility index (Phi) is 4.22. The molecule has 2 aromatic heterocycles.